The Morgan fingerprint density at radius 3 is 2.50 bits per heavy atom. The molecule has 3 N–H and O–H groups in total. The fraction of sp³-hybridized carbons (Fsp3) is 0.500. The molecule has 1 amide bonds. The van der Waals surface area contributed by atoms with E-state index >= 15 is 0 Å². The molecule has 36 heavy (non-hydrogen) atoms. The third-order valence-corrected chi connectivity index (χ3v) is 6.72. The van der Waals surface area contributed by atoms with Crippen LogP contribution in [-0.4, -0.2) is 90.7 Å². The van der Waals surface area contributed by atoms with Gasteiger partial charge in [-0.1, -0.05) is 35.9 Å². The lowest BCUT2D eigenvalue weighted by atomic mass is 9.90. The molecule has 2 aliphatic heterocycles. The summed E-state index contributed by atoms with van der Waals surface area (Å²) in [7, 11) is 3.06. The molecule has 2 fully saturated rings. The van der Waals surface area contributed by atoms with Gasteiger partial charge in [0.1, 0.15) is 49.0 Å². The summed E-state index contributed by atoms with van der Waals surface area (Å²) in [5.74, 6) is 0.779. The standard InChI is InChI=1S/C26H32ClNO8/c1-28(2)26(32)34-14-21-22(29)23(30)24(31)25(36-21)16-5-8-20(27)17(12-16)11-15-3-6-18(7-4-15)35-19-9-10-33-13-19/h3-8,12,19,21-25,29-31H,9-11,13-14H2,1-2H3/t19-,21-,22-,23+,24-,25+/m1/s1. The molecule has 0 aliphatic carbocycles. The van der Waals surface area contributed by atoms with E-state index in [0.29, 0.717) is 23.6 Å². The molecule has 196 valence electrons. The van der Waals surface area contributed by atoms with Gasteiger partial charge in [0, 0.05) is 25.5 Å². The molecule has 0 radical (unpaired) electrons. The summed E-state index contributed by atoms with van der Waals surface area (Å²) in [5.41, 5.74) is 2.40. The van der Waals surface area contributed by atoms with Crippen molar-refractivity contribution in [3.63, 3.8) is 0 Å². The van der Waals surface area contributed by atoms with E-state index in [4.69, 9.17) is 30.5 Å². The molecule has 0 aromatic heterocycles. The summed E-state index contributed by atoms with van der Waals surface area (Å²) < 4.78 is 22.3. The van der Waals surface area contributed by atoms with Crippen LogP contribution in [0.15, 0.2) is 42.5 Å². The summed E-state index contributed by atoms with van der Waals surface area (Å²) in [4.78, 5) is 13.0. The van der Waals surface area contributed by atoms with Crippen LogP contribution in [0, 0.1) is 0 Å². The van der Waals surface area contributed by atoms with Crippen molar-refractivity contribution >= 4 is 17.7 Å². The first-order valence-corrected chi connectivity index (χ1v) is 12.3. The van der Waals surface area contributed by atoms with E-state index in [0.717, 1.165) is 29.9 Å². The molecule has 6 atom stereocenters. The monoisotopic (exact) mass is 521 g/mol. The van der Waals surface area contributed by atoms with Crippen molar-refractivity contribution in [2.75, 3.05) is 33.9 Å². The van der Waals surface area contributed by atoms with Gasteiger partial charge < -0.3 is 39.2 Å². The highest BCUT2D eigenvalue weighted by Gasteiger charge is 2.44. The van der Waals surface area contributed by atoms with Crippen LogP contribution in [0.5, 0.6) is 5.75 Å². The second-order valence-electron chi connectivity index (χ2n) is 9.31. The zero-order valence-electron chi connectivity index (χ0n) is 20.2. The largest absolute Gasteiger partial charge is 0.488 e. The molecule has 0 unspecified atom stereocenters. The maximum atomic E-state index is 11.8. The number of hydrogen-bond acceptors (Lipinski definition) is 8. The quantitative estimate of drug-likeness (QED) is 0.508. The molecule has 10 heteroatoms. The number of ether oxygens (including phenoxy) is 4. The minimum absolute atomic E-state index is 0.0768. The van der Waals surface area contributed by atoms with Gasteiger partial charge in [-0.2, -0.15) is 0 Å². The van der Waals surface area contributed by atoms with Crippen LogP contribution >= 0.6 is 11.6 Å². The highest BCUT2D eigenvalue weighted by atomic mass is 35.5. The predicted molar refractivity (Wildman–Crippen MR) is 131 cm³/mol. The Kier molecular flexibility index (Phi) is 8.71. The van der Waals surface area contributed by atoms with Crippen LogP contribution in [0.2, 0.25) is 5.02 Å². The smallest absolute Gasteiger partial charge is 0.409 e. The SMILES string of the molecule is CN(C)C(=O)OC[C@H]1O[C@@H](c2ccc(Cl)c(Cc3ccc(O[C@@H]4CCOC4)cc3)c2)[C@H](O)[C@@H](O)[C@@H]1O. The minimum Gasteiger partial charge on any atom is -0.488 e. The molecule has 2 saturated heterocycles. The van der Waals surface area contributed by atoms with Gasteiger partial charge in [-0.05, 0) is 41.3 Å². The van der Waals surface area contributed by atoms with Gasteiger partial charge >= 0.3 is 6.09 Å². The third kappa shape index (κ3) is 6.29. The van der Waals surface area contributed by atoms with Gasteiger partial charge in [0.05, 0.1) is 13.2 Å². The zero-order valence-corrected chi connectivity index (χ0v) is 21.0. The van der Waals surface area contributed by atoms with Gasteiger partial charge in [0.25, 0.3) is 0 Å². The van der Waals surface area contributed by atoms with Crippen LogP contribution in [0.4, 0.5) is 4.79 Å². The summed E-state index contributed by atoms with van der Waals surface area (Å²) in [6.07, 6.45) is -5.38. The lowest BCUT2D eigenvalue weighted by Gasteiger charge is -2.40. The Bertz CT molecular complexity index is 1030. The van der Waals surface area contributed by atoms with Crippen molar-refractivity contribution in [1.29, 1.82) is 0 Å². The van der Waals surface area contributed by atoms with Crippen molar-refractivity contribution < 1.29 is 39.1 Å². The Morgan fingerprint density at radius 2 is 1.83 bits per heavy atom. The molecule has 0 bridgehead atoms. The number of carbonyl (C=O) groups is 1. The Labute approximate surface area is 215 Å². The molecule has 0 saturated carbocycles. The predicted octanol–water partition coefficient (Wildman–Crippen LogP) is 2.32. The van der Waals surface area contributed by atoms with Gasteiger partial charge in [0.2, 0.25) is 0 Å². The number of benzene rings is 2. The average Bonchev–Trinajstić information content (AvgIpc) is 3.37. The molecule has 2 aromatic carbocycles. The zero-order chi connectivity index (χ0) is 25.8. The summed E-state index contributed by atoms with van der Waals surface area (Å²) in [6.45, 7) is 1.04. The number of rotatable bonds is 7. The van der Waals surface area contributed by atoms with E-state index in [9.17, 15) is 20.1 Å². The van der Waals surface area contributed by atoms with Gasteiger partial charge in [-0.15, -0.1) is 0 Å². The van der Waals surface area contributed by atoms with E-state index in [1.807, 2.05) is 30.3 Å². The maximum absolute atomic E-state index is 11.8. The van der Waals surface area contributed by atoms with Crippen LogP contribution in [-0.2, 0) is 20.6 Å². The molecule has 2 heterocycles. The Balaban J connectivity index is 1.46. The molecule has 0 spiro atoms. The molecule has 2 aliphatic rings. The Morgan fingerprint density at radius 1 is 1.08 bits per heavy atom. The number of hydrogen-bond donors (Lipinski definition) is 3. The number of amides is 1. The lowest BCUT2D eigenvalue weighted by Crippen LogP contribution is -2.55. The molecular weight excluding hydrogens is 490 g/mol. The number of aliphatic hydroxyl groups excluding tert-OH is 3. The van der Waals surface area contributed by atoms with Crippen molar-refractivity contribution in [2.24, 2.45) is 0 Å². The minimum atomic E-state index is -1.48. The number of nitrogens with zero attached hydrogens (tertiary/aromatic N) is 1. The van der Waals surface area contributed by atoms with Gasteiger partial charge in [0.15, 0.2) is 0 Å². The summed E-state index contributed by atoms with van der Waals surface area (Å²) >= 11 is 6.47. The molecule has 4 rings (SSSR count). The van der Waals surface area contributed by atoms with Crippen LogP contribution in [0.25, 0.3) is 0 Å². The van der Waals surface area contributed by atoms with E-state index in [1.165, 1.54) is 19.0 Å². The average molecular weight is 522 g/mol. The normalized spacial score (nSPS) is 28.1. The van der Waals surface area contributed by atoms with E-state index < -0.39 is 36.6 Å². The number of carbonyl (C=O) groups excluding carboxylic acids is 1. The van der Waals surface area contributed by atoms with E-state index in [2.05, 4.69) is 0 Å². The van der Waals surface area contributed by atoms with Crippen molar-refractivity contribution in [3.05, 3.63) is 64.2 Å². The highest BCUT2D eigenvalue weighted by molar-refractivity contribution is 6.31. The van der Waals surface area contributed by atoms with Gasteiger partial charge in [-0.25, -0.2) is 4.79 Å². The molecular formula is C26H32ClNO8. The molecule has 9 nitrogen and oxygen atoms in total. The second-order valence-corrected chi connectivity index (χ2v) is 9.72. The van der Waals surface area contributed by atoms with Crippen LogP contribution in [0.3, 0.4) is 0 Å². The van der Waals surface area contributed by atoms with Crippen LogP contribution in [0.1, 0.15) is 29.2 Å². The fourth-order valence-electron chi connectivity index (χ4n) is 4.26. The fourth-order valence-corrected chi connectivity index (χ4v) is 4.44. The highest BCUT2D eigenvalue weighted by Crippen LogP contribution is 2.35. The first-order valence-electron chi connectivity index (χ1n) is 11.9. The van der Waals surface area contributed by atoms with Crippen LogP contribution < -0.4 is 4.74 Å². The van der Waals surface area contributed by atoms with Crippen molar-refractivity contribution in [2.45, 2.75) is 49.5 Å². The van der Waals surface area contributed by atoms with Crippen molar-refractivity contribution in [1.82, 2.24) is 4.90 Å². The third-order valence-electron chi connectivity index (χ3n) is 6.36. The van der Waals surface area contributed by atoms with E-state index in [-0.39, 0.29) is 12.7 Å². The Hall–Kier alpha value is -2.40. The summed E-state index contributed by atoms with van der Waals surface area (Å²) in [5, 5.41) is 32.0. The first kappa shape index (κ1) is 26.7. The van der Waals surface area contributed by atoms with Crippen molar-refractivity contribution in [3.8, 4) is 5.75 Å². The van der Waals surface area contributed by atoms with E-state index in [1.54, 1.807) is 12.1 Å². The van der Waals surface area contributed by atoms with Gasteiger partial charge in [-0.3, -0.25) is 0 Å². The maximum Gasteiger partial charge on any atom is 0.409 e. The second kappa shape index (κ2) is 11.8. The number of halogens is 1. The topological polar surface area (TPSA) is 118 Å². The molecule has 2 aromatic rings. The lowest BCUT2D eigenvalue weighted by molar-refractivity contribution is -0.231. The first-order chi connectivity index (χ1) is 17.2. The summed E-state index contributed by atoms with van der Waals surface area (Å²) in [6, 6.07) is 13.0. The number of aliphatic hydroxyl groups is 3.